The monoisotopic (exact) mass is 567 g/mol. The van der Waals surface area contributed by atoms with E-state index in [1.54, 1.807) is 23.2 Å². The molecule has 11 heteroatoms. The molecule has 1 aromatic carbocycles. The number of hydrogen-bond acceptors (Lipinski definition) is 8. The quantitative estimate of drug-likeness (QED) is 0.338. The highest BCUT2D eigenvalue weighted by Gasteiger charge is 2.35. The van der Waals surface area contributed by atoms with Gasteiger partial charge in [-0.2, -0.15) is 0 Å². The summed E-state index contributed by atoms with van der Waals surface area (Å²) in [6.45, 7) is 3.99. The molecule has 3 aromatic rings. The Morgan fingerprint density at radius 1 is 1.11 bits per heavy atom. The highest BCUT2D eigenvalue weighted by Crippen LogP contribution is 2.34. The molecule has 3 saturated heterocycles. The summed E-state index contributed by atoms with van der Waals surface area (Å²) in [6, 6.07) is 13.3. The molecular weight excluding hydrogens is 542 g/mol. The summed E-state index contributed by atoms with van der Waals surface area (Å²) in [6.07, 6.45) is 5.27. The summed E-state index contributed by atoms with van der Waals surface area (Å²) in [4.78, 5) is 38.3. The van der Waals surface area contributed by atoms with Gasteiger partial charge in [0.25, 0.3) is 11.5 Å². The molecule has 3 aliphatic rings. The van der Waals surface area contributed by atoms with E-state index in [-0.39, 0.29) is 17.6 Å². The van der Waals surface area contributed by atoms with Crippen LogP contribution in [0.5, 0.6) is 0 Å². The lowest BCUT2D eigenvalue weighted by molar-refractivity contribution is -0.123. The molecule has 3 aliphatic heterocycles. The molecule has 1 amide bonds. The van der Waals surface area contributed by atoms with Crippen LogP contribution in [-0.4, -0.2) is 69.9 Å². The lowest BCUT2D eigenvalue weighted by Gasteiger charge is -2.37. The normalized spacial score (nSPS) is 21.3. The average molecular weight is 568 g/mol. The maximum absolute atomic E-state index is 13.7. The fourth-order valence-corrected chi connectivity index (χ4v) is 6.53. The van der Waals surface area contributed by atoms with Crippen LogP contribution in [0, 0.1) is 0 Å². The molecule has 8 nitrogen and oxygen atoms in total. The topological polar surface area (TPSA) is 70.4 Å². The number of amides is 1. The molecule has 3 fully saturated rings. The number of carbonyl (C=O) groups excluding carboxylic acids is 1. The number of fused-ring (bicyclic) bond motifs is 1. The molecule has 0 bridgehead atoms. The van der Waals surface area contributed by atoms with Crippen LogP contribution >= 0.6 is 35.6 Å². The standard InChI is InChI=1S/C27H26ClN5O3S2/c28-18-5-3-6-19(15-18)30-10-12-31(13-11-30)24-21(25(34)32-9-2-1-8-23(32)29-24)16-22-26(35)33(27(37)38-22)17-20-7-4-14-36-20/h1-3,5-6,8-9,15-16,20H,4,7,10-14,17H2. The van der Waals surface area contributed by atoms with Crippen molar-refractivity contribution in [3.05, 3.63) is 74.5 Å². The second-order valence-electron chi connectivity index (χ2n) is 9.46. The summed E-state index contributed by atoms with van der Waals surface area (Å²) >= 11 is 13.0. The predicted octanol–water partition coefficient (Wildman–Crippen LogP) is 4.05. The molecule has 1 unspecified atom stereocenters. The molecule has 0 aliphatic carbocycles. The fraction of sp³-hybridized carbons (Fsp3) is 0.333. The van der Waals surface area contributed by atoms with Gasteiger partial charge in [0.05, 0.1) is 23.1 Å². The molecule has 38 heavy (non-hydrogen) atoms. The van der Waals surface area contributed by atoms with Crippen molar-refractivity contribution in [2.75, 3.05) is 49.1 Å². The summed E-state index contributed by atoms with van der Waals surface area (Å²) in [5, 5.41) is 0.702. The van der Waals surface area contributed by atoms with Crippen molar-refractivity contribution in [3.8, 4) is 0 Å². The first kappa shape index (κ1) is 25.4. The summed E-state index contributed by atoms with van der Waals surface area (Å²) in [5.74, 6) is 0.390. The lowest BCUT2D eigenvalue weighted by Crippen LogP contribution is -2.47. The molecule has 2 aromatic heterocycles. The molecule has 0 spiro atoms. The van der Waals surface area contributed by atoms with E-state index >= 15 is 0 Å². The van der Waals surface area contributed by atoms with E-state index < -0.39 is 0 Å². The number of ether oxygens (including phenoxy) is 1. The van der Waals surface area contributed by atoms with Crippen molar-refractivity contribution in [2.24, 2.45) is 0 Å². The summed E-state index contributed by atoms with van der Waals surface area (Å²) < 4.78 is 7.72. The van der Waals surface area contributed by atoms with Gasteiger partial charge >= 0.3 is 0 Å². The minimum atomic E-state index is -0.215. The molecule has 6 rings (SSSR count). The number of thiocarbonyl (C=S) groups is 1. The molecule has 1 atom stereocenters. The van der Waals surface area contributed by atoms with Crippen molar-refractivity contribution in [1.82, 2.24) is 14.3 Å². The largest absolute Gasteiger partial charge is 0.376 e. The van der Waals surface area contributed by atoms with Crippen LogP contribution < -0.4 is 15.4 Å². The third kappa shape index (κ3) is 4.93. The van der Waals surface area contributed by atoms with E-state index in [9.17, 15) is 9.59 Å². The highest BCUT2D eigenvalue weighted by molar-refractivity contribution is 8.26. The Balaban J connectivity index is 1.32. The second kappa shape index (κ2) is 10.7. The molecule has 0 radical (unpaired) electrons. The number of rotatable bonds is 5. The van der Waals surface area contributed by atoms with Gasteiger partial charge in [-0.15, -0.1) is 0 Å². The van der Waals surface area contributed by atoms with Crippen LogP contribution in [0.2, 0.25) is 5.02 Å². The number of nitrogens with zero attached hydrogens (tertiary/aromatic N) is 5. The molecule has 196 valence electrons. The van der Waals surface area contributed by atoms with E-state index in [0.717, 1.165) is 31.6 Å². The summed E-state index contributed by atoms with van der Waals surface area (Å²) in [5.41, 5.74) is 1.81. The number of hydrogen-bond donors (Lipinski definition) is 0. The number of thioether (sulfide) groups is 1. The Bertz CT molecular complexity index is 1500. The average Bonchev–Trinajstić information content (AvgIpc) is 3.54. The number of benzene rings is 1. The van der Waals surface area contributed by atoms with E-state index in [1.807, 2.05) is 36.4 Å². The number of anilines is 2. The smallest absolute Gasteiger partial charge is 0.267 e. The van der Waals surface area contributed by atoms with Crippen molar-refractivity contribution < 1.29 is 9.53 Å². The summed E-state index contributed by atoms with van der Waals surface area (Å²) in [7, 11) is 0. The highest BCUT2D eigenvalue weighted by atomic mass is 35.5. The molecule has 0 N–H and O–H groups in total. The zero-order valence-corrected chi connectivity index (χ0v) is 23.0. The maximum atomic E-state index is 13.7. The zero-order chi connectivity index (χ0) is 26.2. The van der Waals surface area contributed by atoms with Gasteiger partial charge in [0.2, 0.25) is 0 Å². The van der Waals surface area contributed by atoms with Crippen molar-refractivity contribution in [2.45, 2.75) is 18.9 Å². The van der Waals surface area contributed by atoms with Crippen LogP contribution in [0.4, 0.5) is 11.5 Å². The third-order valence-electron chi connectivity index (χ3n) is 7.06. The van der Waals surface area contributed by atoms with Gasteiger partial charge in [0, 0.05) is 49.7 Å². The van der Waals surface area contributed by atoms with Crippen molar-refractivity contribution >= 4 is 69.0 Å². The van der Waals surface area contributed by atoms with Crippen LogP contribution in [0.1, 0.15) is 18.4 Å². The zero-order valence-electron chi connectivity index (χ0n) is 20.6. The Kier molecular flexibility index (Phi) is 7.13. The first-order valence-corrected chi connectivity index (χ1v) is 14.2. The van der Waals surface area contributed by atoms with E-state index in [0.29, 0.717) is 57.5 Å². The van der Waals surface area contributed by atoms with Gasteiger partial charge < -0.3 is 14.5 Å². The van der Waals surface area contributed by atoms with E-state index in [2.05, 4.69) is 9.80 Å². The first-order valence-electron chi connectivity index (χ1n) is 12.6. The van der Waals surface area contributed by atoms with Crippen LogP contribution in [0.25, 0.3) is 11.7 Å². The van der Waals surface area contributed by atoms with Gasteiger partial charge in [-0.3, -0.25) is 18.9 Å². The van der Waals surface area contributed by atoms with E-state index in [1.165, 1.54) is 16.2 Å². The number of pyridine rings is 1. The minimum absolute atomic E-state index is 0.00355. The van der Waals surface area contributed by atoms with Gasteiger partial charge in [-0.05, 0) is 49.2 Å². The van der Waals surface area contributed by atoms with E-state index in [4.69, 9.17) is 33.5 Å². The lowest BCUT2D eigenvalue weighted by atomic mass is 10.2. The number of piperazine rings is 1. The van der Waals surface area contributed by atoms with Crippen LogP contribution in [0.15, 0.2) is 58.4 Å². The fourth-order valence-electron chi connectivity index (χ4n) is 5.09. The van der Waals surface area contributed by atoms with Gasteiger partial charge in [-0.1, -0.05) is 47.7 Å². The number of aromatic nitrogens is 2. The molecule has 5 heterocycles. The van der Waals surface area contributed by atoms with Crippen LogP contribution in [0.3, 0.4) is 0 Å². The minimum Gasteiger partial charge on any atom is -0.376 e. The Hall–Kier alpha value is -2.92. The molecule has 0 saturated carbocycles. The van der Waals surface area contributed by atoms with Gasteiger partial charge in [-0.25, -0.2) is 4.98 Å². The number of carbonyl (C=O) groups is 1. The Morgan fingerprint density at radius 2 is 1.92 bits per heavy atom. The second-order valence-corrected chi connectivity index (χ2v) is 11.6. The predicted molar refractivity (Wildman–Crippen MR) is 156 cm³/mol. The third-order valence-corrected chi connectivity index (χ3v) is 8.67. The Morgan fingerprint density at radius 3 is 2.68 bits per heavy atom. The first-order chi connectivity index (χ1) is 18.5. The van der Waals surface area contributed by atoms with Crippen molar-refractivity contribution in [3.63, 3.8) is 0 Å². The van der Waals surface area contributed by atoms with Gasteiger partial charge in [0.1, 0.15) is 15.8 Å². The van der Waals surface area contributed by atoms with Gasteiger partial charge in [0.15, 0.2) is 0 Å². The Labute approximate surface area is 234 Å². The van der Waals surface area contributed by atoms with Crippen LogP contribution in [-0.2, 0) is 9.53 Å². The SMILES string of the molecule is O=C1C(=Cc2c(N3CCN(c4cccc(Cl)c4)CC3)nc3ccccn3c2=O)SC(=S)N1CC1CCCO1. The van der Waals surface area contributed by atoms with Crippen molar-refractivity contribution in [1.29, 1.82) is 0 Å². The maximum Gasteiger partial charge on any atom is 0.267 e. The molecular formula is C27H26ClN5O3S2. The number of halogens is 1.